The molecule has 1 aromatic carbocycles. The summed E-state index contributed by atoms with van der Waals surface area (Å²) in [6.45, 7) is 25.2. The van der Waals surface area contributed by atoms with Gasteiger partial charge in [0.05, 0.1) is 17.6 Å². The van der Waals surface area contributed by atoms with Crippen LogP contribution < -0.4 is 0 Å². The number of benzene rings is 1. The summed E-state index contributed by atoms with van der Waals surface area (Å²) in [5.74, 6) is 1.62. The lowest BCUT2D eigenvalue weighted by atomic mass is 9.61. The van der Waals surface area contributed by atoms with Crippen LogP contribution in [0.1, 0.15) is 92.1 Å². The van der Waals surface area contributed by atoms with Crippen LogP contribution in [0.15, 0.2) is 64.6 Å². The molecule has 1 aromatic rings. The maximum atomic E-state index is 12.9. The van der Waals surface area contributed by atoms with Gasteiger partial charge in [0, 0.05) is 0 Å². The van der Waals surface area contributed by atoms with E-state index in [1.807, 2.05) is 19.1 Å². The molecule has 3 aliphatic carbocycles. The maximum Gasteiger partial charge on any atom is 0.296 e. The highest BCUT2D eigenvalue weighted by Crippen LogP contribution is 2.59. The molecule has 234 valence electrons. The molecular formula is C36H56O4SSi. The Morgan fingerprint density at radius 1 is 1.12 bits per heavy atom. The minimum atomic E-state index is -3.75. The highest BCUT2D eigenvalue weighted by atomic mass is 32.2. The van der Waals surface area contributed by atoms with Gasteiger partial charge in [-0.05, 0) is 117 Å². The van der Waals surface area contributed by atoms with Gasteiger partial charge in [-0.3, -0.25) is 4.18 Å². The Bertz CT molecular complexity index is 1300. The van der Waals surface area contributed by atoms with Crippen LogP contribution in [0.2, 0.25) is 18.1 Å². The van der Waals surface area contributed by atoms with Crippen LogP contribution in [0.25, 0.3) is 0 Å². The van der Waals surface area contributed by atoms with Gasteiger partial charge in [-0.2, -0.15) is 8.42 Å². The van der Waals surface area contributed by atoms with Gasteiger partial charge in [-0.25, -0.2) is 0 Å². The van der Waals surface area contributed by atoms with Crippen molar-refractivity contribution in [1.82, 2.24) is 0 Å². The zero-order valence-electron chi connectivity index (χ0n) is 27.8. The van der Waals surface area contributed by atoms with Crippen LogP contribution in [-0.4, -0.2) is 29.4 Å². The molecule has 4 rings (SSSR count). The third-order valence-electron chi connectivity index (χ3n) is 11.4. The fourth-order valence-electron chi connectivity index (χ4n) is 7.61. The van der Waals surface area contributed by atoms with E-state index in [4.69, 9.17) is 8.61 Å². The molecule has 3 saturated carbocycles. The highest BCUT2D eigenvalue weighted by Gasteiger charge is 2.51. The van der Waals surface area contributed by atoms with Crippen LogP contribution in [0.5, 0.6) is 0 Å². The summed E-state index contributed by atoms with van der Waals surface area (Å²) >= 11 is 0. The highest BCUT2D eigenvalue weighted by molar-refractivity contribution is 7.86. The molecule has 0 aromatic heterocycles. The minimum absolute atomic E-state index is 0.115. The van der Waals surface area contributed by atoms with E-state index < -0.39 is 18.4 Å². The third kappa shape index (κ3) is 7.08. The Morgan fingerprint density at radius 2 is 1.79 bits per heavy atom. The molecule has 6 heteroatoms. The van der Waals surface area contributed by atoms with Crippen molar-refractivity contribution in [2.45, 2.75) is 123 Å². The fourth-order valence-corrected chi connectivity index (χ4v) is 9.90. The fraction of sp³-hybridized carbons (Fsp3) is 0.667. The second-order valence-corrected chi connectivity index (χ2v) is 21.8. The SMILES string of the molecule is C=C1[C@H](C)C/C(=C/C=C2\CCC[C@@]3(C)C2CC[C@@H]3[C@H](C)COS(=O)(=O)c2ccc(C)cc2)C[C@H]1O[Si](C)(C)C(C)(C)C. The Hall–Kier alpha value is -1.47. The quantitative estimate of drug-likeness (QED) is 0.167. The number of rotatable bonds is 8. The lowest BCUT2D eigenvalue weighted by Gasteiger charge is -2.44. The standard InChI is InChI=1S/C36H56O4SSi/c1-25-13-17-31(18-14-25)41(37,38)39-24-27(3)32-19-20-33-30(12-11-21-36(32,33)8)16-15-29-22-26(2)28(4)34(23-29)40-42(9,10)35(5,6)7/h13-18,26-27,32-34H,4,11-12,19-24H2,1-3,5-10H3/b29-15-,30-16+/t26-,27-,32-,33?,34-,36-/m1/s1. The van der Waals surface area contributed by atoms with E-state index in [9.17, 15) is 8.42 Å². The first-order chi connectivity index (χ1) is 19.4. The van der Waals surface area contributed by atoms with Crippen LogP contribution >= 0.6 is 0 Å². The van der Waals surface area contributed by atoms with Crippen LogP contribution in [0, 0.1) is 36.0 Å². The van der Waals surface area contributed by atoms with E-state index in [1.54, 1.807) is 17.7 Å². The molecule has 0 bridgehead atoms. The van der Waals surface area contributed by atoms with E-state index in [2.05, 4.69) is 73.4 Å². The second kappa shape index (κ2) is 12.5. The van der Waals surface area contributed by atoms with Crippen LogP contribution in [0.4, 0.5) is 0 Å². The molecule has 0 aliphatic heterocycles. The summed E-state index contributed by atoms with van der Waals surface area (Å²) in [6, 6.07) is 6.91. The zero-order valence-corrected chi connectivity index (χ0v) is 29.6. The van der Waals surface area contributed by atoms with Crippen molar-refractivity contribution in [2.24, 2.45) is 29.1 Å². The summed E-state index contributed by atoms with van der Waals surface area (Å²) in [7, 11) is -5.64. The molecule has 0 saturated heterocycles. The molecule has 0 radical (unpaired) electrons. The van der Waals surface area contributed by atoms with Gasteiger partial charge in [0.1, 0.15) is 0 Å². The third-order valence-corrected chi connectivity index (χ3v) is 17.1. The molecular weight excluding hydrogens is 557 g/mol. The van der Waals surface area contributed by atoms with E-state index in [-0.39, 0.29) is 34.0 Å². The largest absolute Gasteiger partial charge is 0.410 e. The summed E-state index contributed by atoms with van der Waals surface area (Å²) in [5.41, 5.74) is 5.54. The van der Waals surface area contributed by atoms with Crippen molar-refractivity contribution >= 4 is 18.4 Å². The lowest BCUT2D eigenvalue weighted by molar-refractivity contribution is 0.0760. The normalized spacial score (nSPS) is 31.9. The number of fused-ring (bicyclic) bond motifs is 1. The molecule has 3 fully saturated rings. The smallest absolute Gasteiger partial charge is 0.296 e. The summed E-state index contributed by atoms with van der Waals surface area (Å²) in [5, 5.41) is 0.179. The predicted octanol–water partition coefficient (Wildman–Crippen LogP) is 9.78. The molecule has 0 spiro atoms. The van der Waals surface area contributed by atoms with E-state index in [0.717, 1.165) is 31.2 Å². The second-order valence-electron chi connectivity index (χ2n) is 15.4. The van der Waals surface area contributed by atoms with E-state index in [1.165, 1.54) is 30.4 Å². The van der Waals surface area contributed by atoms with Gasteiger partial charge >= 0.3 is 0 Å². The first-order valence-electron chi connectivity index (χ1n) is 16.2. The Kier molecular flexibility index (Phi) is 9.94. The van der Waals surface area contributed by atoms with Crippen molar-refractivity contribution in [3.05, 3.63) is 65.3 Å². The van der Waals surface area contributed by atoms with Gasteiger partial charge in [0.2, 0.25) is 0 Å². The average molecular weight is 613 g/mol. The van der Waals surface area contributed by atoms with Crippen molar-refractivity contribution in [1.29, 1.82) is 0 Å². The first-order valence-corrected chi connectivity index (χ1v) is 20.5. The topological polar surface area (TPSA) is 52.6 Å². The van der Waals surface area contributed by atoms with Gasteiger partial charge < -0.3 is 4.43 Å². The van der Waals surface area contributed by atoms with Gasteiger partial charge in [0.25, 0.3) is 10.1 Å². The molecule has 4 nitrogen and oxygen atoms in total. The van der Waals surface area contributed by atoms with E-state index in [0.29, 0.717) is 17.8 Å². The minimum Gasteiger partial charge on any atom is -0.410 e. The molecule has 6 atom stereocenters. The van der Waals surface area contributed by atoms with Gasteiger partial charge in [0.15, 0.2) is 8.32 Å². The van der Waals surface area contributed by atoms with Crippen molar-refractivity contribution in [2.75, 3.05) is 6.61 Å². The number of hydrogen-bond donors (Lipinski definition) is 0. The molecule has 0 heterocycles. The average Bonchev–Trinajstić information content (AvgIpc) is 3.26. The van der Waals surface area contributed by atoms with Crippen molar-refractivity contribution < 1.29 is 17.0 Å². The number of allylic oxidation sites excluding steroid dienone is 3. The Morgan fingerprint density at radius 3 is 2.43 bits per heavy atom. The molecule has 1 unspecified atom stereocenters. The molecule has 42 heavy (non-hydrogen) atoms. The zero-order chi connectivity index (χ0) is 31.1. The lowest BCUT2D eigenvalue weighted by Crippen LogP contribution is -2.45. The summed E-state index contributed by atoms with van der Waals surface area (Å²) < 4.78 is 38.2. The molecule has 3 aliphatic rings. The summed E-state index contributed by atoms with van der Waals surface area (Å²) in [4.78, 5) is 0.240. The molecule has 0 N–H and O–H groups in total. The summed E-state index contributed by atoms with van der Waals surface area (Å²) in [6.07, 6.45) is 12.9. The Balaban J connectivity index is 1.45. The maximum absolute atomic E-state index is 12.9. The van der Waals surface area contributed by atoms with Crippen molar-refractivity contribution in [3.8, 4) is 0 Å². The Labute approximate surface area is 258 Å². The van der Waals surface area contributed by atoms with Gasteiger partial charge in [-0.15, -0.1) is 0 Å². The van der Waals surface area contributed by atoms with E-state index >= 15 is 0 Å². The molecule has 0 amide bonds. The van der Waals surface area contributed by atoms with Gasteiger partial charge in [-0.1, -0.05) is 89.1 Å². The number of hydrogen-bond acceptors (Lipinski definition) is 4. The van der Waals surface area contributed by atoms with Crippen LogP contribution in [-0.2, 0) is 18.7 Å². The van der Waals surface area contributed by atoms with Crippen LogP contribution in [0.3, 0.4) is 0 Å². The predicted molar refractivity (Wildman–Crippen MR) is 177 cm³/mol. The van der Waals surface area contributed by atoms with Crippen molar-refractivity contribution in [3.63, 3.8) is 0 Å². The monoisotopic (exact) mass is 612 g/mol. The first kappa shape index (κ1) is 33.4. The number of aryl methyl sites for hydroxylation is 1.